The molecule has 4 rings (SSSR count). The van der Waals surface area contributed by atoms with Gasteiger partial charge < -0.3 is 15.5 Å². The van der Waals surface area contributed by atoms with E-state index in [1.807, 2.05) is 19.2 Å². The molecule has 28 heavy (non-hydrogen) atoms. The molecule has 2 aromatic rings. The van der Waals surface area contributed by atoms with Crippen LogP contribution in [0.3, 0.4) is 0 Å². The predicted octanol–water partition coefficient (Wildman–Crippen LogP) is 5.19. The van der Waals surface area contributed by atoms with Crippen molar-refractivity contribution in [2.24, 2.45) is 5.92 Å². The predicted molar refractivity (Wildman–Crippen MR) is 115 cm³/mol. The Morgan fingerprint density at radius 1 is 1.14 bits per heavy atom. The Kier molecular flexibility index (Phi) is 5.13. The maximum absolute atomic E-state index is 11.2. The lowest BCUT2D eigenvalue weighted by Crippen LogP contribution is -2.51. The number of benzene rings is 2. The molecule has 150 valence electrons. The molecule has 0 amide bonds. The normalized spacial score (nSPS) is 29.0. The third-order valence-electron chi connectivity index (χ3n) is 7.28. The summed E-state index contributed by atoms with van der Waals surface area (Å²) < 4.78 is 0. The van der Waals surface area contributed by atoms with E-state index in [0.717, 1.165) is 57.1 Å². The summed E-state index contributed by atoms with van der Waals surface area (Å²) in [6, 6.07) is 14.7. The van der Waals surface area contributed by atoms with E-state index >= 15 is 0 Å². The quantitative estimate of drug-likeness (QED) is 0.670. The molecule has 0 heterocycles. The van der Waals surface area contributed by atoms with E-state index in [9.17, 15) is 10.2 Å². The van der Waals surface area contributed by atoms with Crippen LogP contribution in [-0.2, 0) is 18.3 Å². The lowest BCUT2D eigenvalue weighted by Gasteiger charge is -2.53. The molecule has 0 radical (unpaired) electrons. The van der Waals surface area contributed by atoms with E-state index in [4.69, 9.17) is 0 Å². The van der Waals surface area contributed by atoms with Crippen molar-refractivity contribution in [2.75, 3.05) is 12.4 Å². The molecule has 2 aromatic carbocycles. The van der Waals surface area contributed by atoms with Crippen LogP contribution in [0.25, 0.3) is 0 Å². The van der Waals surface area contributed by atoms with Crippen molar-refractivity contribution < 1.29 is 10.2 Å². The molecule has 0 spiro atoms. The molecule has 3 nitrogen and oxygen atoms in total. The SMILES string of the molecule is CCCC1(O)CC[C@@]2(Cc3cccc(NC)c3)c3ccc(O)cc3CC[C@H]2C1. The first kappa shape index (κ1) is 19.3. The summed E-state index contributed by atoms with van der Waals surface area (Å²) in [5.41, 5.74) is 4.72. The zero-order valence-corrected chi connectivity index (χ0v) is 17.2. The number of nitrogens with one attached hydrogen (secondary N) is 1. The molecule has 1 saturated carbocycles. The molecule has 3 heteroatoms. The van der Waals surface area contributed by atoms with Crippen LogP contribution in [0.1, 0.15) is 62.1 Å². The highest BCUT2D eigenvalue weighted by molar-refractivity contribution is 5.48. The van der Waals surface area contributed by atoms with Crippen LogP contribution in [0.2, 0.25) is 0 Å². The number of aromatic hydroxyl groups is 1. The first-order chi connectivity index (χ1) is 13.5. The van der Waals surface area contributed by atoms with Gasteiger partial charge in [-0.3, -0.25) is 0 Å². The summed E-state index contributed by atoms with van der Waals surface area (Å²) in [6.07, 6.45) is 7.78. The van der Waals surface area contributed by atoms with Gasteiger partial charge in [-0.05, 0) is 91.8 Å². The Hall–Kier alpha value is -2.00. The first-order valence-electron chi connectivity index (χ1n) is 10.8. The Morgan fingerprint density at radius 3 is 2.79 bits per heavy atom. The fourth-order valence-corrected chi connectivity index (χ4v) is 5.97. The average molecular weight is 380 g/mol. The zero-order valence-electron chi connectivity index (χ0n) is 17.2. The van der Waals surface area contributed by atoms with E-state index < -0.39 is 5.60 Å². The molecule has 3 atom stereocenters. The van der Waals surface area contributed by atoms with Gasteiger partial charge >= 0.3 is 0 Å². The van der Waals surface area contributed by atoms with E-state index in [1.54, 1.807) is 0 Å². The fourth-order valence-electron chi connectivity index (χ4n) is 5.97. The zero-order chi connectivity index (χ0) is 19.8. The van der Waals surface area contributed by atoms with Crippen molar-refractivity contribution in [2.45, 2.75) is 69.3 Å². The summed E-state index contributed by atoms with van der Waals surface area (Å²) in [5, 5.41) is 24.5. The molecular weight excluding hydrogens is 346 g/mol. The van der Waals surface area contributed by atoms with Gasteiger partial charge in [0, 0.05) is 18.2 Å². The number of fused-ring (bicyclic) bond motifs is 3. The minimum atomic E-state index is -0.510. The van der Waals surface area contributed by atoms with E-state index in [0.29, 0.717) is 11.7 Å². The highest BCUT2D eigenvalue weighted by atomic mass is 16.3. The topological polar surface area (TPSA) is 52.5 Å². The summed E-state index contributed by atoms with van der Waals surface area (Å²) in [4.78, 5) is 0. The highest BCUT2D eigenvalue weighted by Gasteiger charge is 2.51. The molecule has 0 aliphatic heterocycles. The third-order valence-corrected chi connectivity index (χ3v) is 7.28. The second-order valence-corrected chi connectivity index (χ2v) is 9.04. The van der Waals surface area contributed by atoms with Crippen LogP contribution in [0.4, 0.5) is 5.69 Å². The maximum Gasteiger partial charge on any atom is 0.115 e. The van der Waals surface area contributed by atoms with E-state index in [2.05, 4.69) is 42.6 Å². The molecule has 2 aliphatic rings. The van der Waals surface area contributed by atoms with Gasteiger partial charge in [-0.1, -0.05) is 31.5 Å². The van der Waals surface area contributed by atoms with Gasteiger partial charge in [-0.2, -0.15) is 0 Å². The standard InChI is InChI=1S/C25H33NO2/c1-3-11-24(28)12-13-25(16-18-5-4-6-21(14-18)26-2)20(17-24)8-7-19-15-22(27)9-10-23(19)25/h4-6,9-10,14-15,20,26-28H,3,7-8,11-13,16-17H2,1-2H3/t20-,24?,25-/m0/s1. The maximum atomic E-state index is 11.2. The number of aliphatic hydroxyl groups is 1. The van der Waals surface area contributed by atoms with Crippen LogP contribution < -0.4 is 5.32 Å². The van der Waals surface area contributed by atoms with Crippen LogP contribution in [0.15, 0.2) is 42.5 Å². The van der Waals surface area contributed by atoms with E-state index in [1.165, 1.54) is 16.7 Å². The lowest BCUT2D eigenvalue weighted by atomic mass is 9.52. The van der Waals surface area contributed by atoms with Crippen molar-refractivity contribution >= 4 is 5.69 Å². The van der Waals surface area contributed by atoms with Crippen LogP contribution in [0.5, 0.6) is 5.75 Å². The molecule has 0 aromatic heterocycles. The summed E-state index contributed by atoms with van der Waals surface area (Å²) in [5.74, 6) is 0.843. The van der Waals surface area contributed by atoms with Gasteiger partial charge in [-0.25, -0.2) is 0 Å². The van der Waals surface area contributed by atoms with Gasteiger partial charge in [0.15, 0.2) is 0 Å². The Bertz CT molecular complexity index is 848. The van der Waals surface area contributed by atoms with E-state index in [-0.39, 0.29) is 5.41 Å². The van der Waals surface area contributed by atoms with Crippen molar-refractivity contribution in [3.63, 3.8) is 0 Å². The molecular formula is C25H33NO2. The number of phenols is 1. The minimum Gasteiger partial charge on any atom is -0.508 e. The molecule has 1 unspecified atom stereocenters. The Morgan fingerprint density at radius 2 is 2.00 bits per heavy atom. The van der Waals surface area contributed by atoms with Crippen LogP contribution in [-0.4, -0.2) is 22.9 Å². The number of anilines is 1. The average Bonchev–Trinajstić information content (AvgIpc) is 2.68. The minimum absolute atomic E-state index is 0.0492. The lowest BCUT2D eigenvalue weighted by molar-refractivity contribution is -0.0565. The second kappa shape index (κ2) is 7.44. The van der Waals surface area contributed by atoms with Crippen molar-refractivity contribution in [3.05, 3.63) is 59.2 Å². The molecule has 3 N–H and O–H groups in total. The monoisotopic (exact) mass is 379 g/mol. The first-order valence-corrected chi connectivity index (χ1v) is 10.8. The van der Waals surface area contributed by atoms with Crippen molar-refractivity contribution in [1.82, 2.24) is 0 Å². The third kappa shape index (κ3) is 3.41. The second-order valence-electron chi connectivity index (χ2n) is 9.04. The van der Waals surface area contributed by atoms with Gasteiger partial charge in [0.25, 0.3) is 0 Å². The number of hydrogen-bond acceptors (Lipinski definition) is 3. The molecule has 2 aliphatic carbocycles. The molecule has 0 bridgehead atoms. The number of aryl methyl sites for hydroxylation is 1. The van der Waals surface area contributed by atoms with Gasteiger partial charge in [-0.15, -0.1) is 0 Å². The summed E-state index contributed by atoms with van der Waals surface area (Å²) >= 11 is 0. The Labute approximate surface area is 168 Å². The smallest absolute Gasteiger partial charge is 0.115 e. The van der Waals surface area contributed by atoms with Crippen molar-refractivity contribution in [1.29, 1.82) is 0 Å². The molecule has 1 fully saturated rings. The van der Waals surface area contributed by atoms with Gasteiger partial charge in [0.05, 0.1) is 5.60 Å². The number of phenolic OH excluding ortho intramolecular Hbond substituents is 1. The number of rotatable bonds is 5. The van der Waals surface area contributed by atoms with Crippen molar-refractivity contribution in [3.8, 4) is 5.75 Å². The van der Waals surface area contributed by atoms with Gasteiger partial charge in [0.2, 0.25) is 0 Å². The van der Waals surface area contributed by atoms with Crippen LogP contribution in [0, 0.1) is 5.92 Å². The highest BCUT2D eigenvalue weighted by Crippen LogP contribution is 2.55. The number of hydrogen-bond donors (Lipinski definition) is 3. The molecule has 0 saturated heterocycles. The summed E-state index contributed by atoms with van der Waals surface area (Å²) in [6.45, 7) is 2.17. The van der Waals surface area contributed by atoms with Crippen LogP contribution >= 0.6 is 0 Å². The Balaban J connectivity index is 1.76. The largest absolute Gasteiger partial charge is 0.508 e. The fraction of sp³-hybridized carbons (Fsp3) is 0.520. The van der Waals surface area contributed by atoms with Gasteiger partial charge in [0.1, 0.15) is 5.75 Å². The summed E-state index contributed by atoms with van der Waals surface area (Å²) in [7, 11) is 1.96.